The zero-order valence-electron chi connectivity index (χ0n) is 16.9. The van der Waals surface area contributed by atoms with Gasteiger partial charge in [-0.1, -0.05) is 23.5 Å². The molecule has 0 aliphatic carbocycles. The number of carbonyl (C=O) groups excluding carboxylic acids is 2. The number of thiocarbonyl (C=S) groups is 1. The van der Waals surface area contributed by atoms with Crippen LogP contribution in [0, 0.1) is 10.1 Å². The van der Waals surface area contributed by atoms with Crippen molar-refractivity contribution in [2.45, 2.75) is 6.92 Å². The van der Waals surface area contributed by atoms with E-state index in [9.17, 15) is 19.7 Å². The average molecular weight is 482 g/mol. The Hall–Kier alpha value is -4.16. The molecule has 3 N–H and O–H groups in total. The number of aromatic nitrogens is 1. The molecule has 0 unspecified atom stereocenters. The second kappa shape index (κ2) is 9.14. The Kier molecular flexibility index (Phi) is 6.11. The number of nitrogens with one attached hydrogen (secondary N) is 3. The highest BCUT2D eigenvalue weighted by Gasteiger charge is 2.20. The molecule has 166 valence electrons. The first-order valence-electron chi connectivity index (χ1n) is 9.44. The summed E-state index contributed by atoms with van der Waals surface area (Å²) in [5, 5.41) is 19.7. The molecule has 0 atom stereocenters. The molecule has 0 bridgehead atoms. The van der Waals surface area contributed by atoms with Crippen LogP contribution in [0.4, 0.5) is 16.5 Å². The summed E-state index contributed by atoms with van der Waals surface area (Å²) in [6.07, 6.45) is 0. The maximum atomic E-state index is 12.5. The summed E-state index contributed by atoms with van der Waals surface area (Å²) < 4.78 is 6.33. The molecule has 0 saturated carbocycles. The third kappa shape index (κ3) is 5.02. The van der Waals surface area contributed by atoms with E-state index in [0.29, 0.717) is 16.3 Å². The molecule has 33 heavy (non-hydrogen) atoms. The minimum Gasteiger partial charge on any atom is -0.451 e. The number of para-hydroxylation sites is 1. The van der Waals surface area contributed by atoms with E-state index >= 15 is 0 Å². The van der Waals surface area contributed by atoms with Gasteiger partial charge in [0, 0.05) is 18.7 Å². The first kappa shape index (κ1) is 22.0. The van der Waals surface area contributed by atoms with Crippen molar-refractivity contribution < 1.29 is 18.9 Å². The van der Waals surface area contributed by atoms with Crippen LogP contribution in [0.1, 0.15) is 17.5 Å². The highest BCUT2D eigenvalue weighted by molar-refractivity contribution is 7.80. The van der Waals surface area contributed by atoms with Crippen molar-refractivity contribution in [3.05, 3.63) is 70.5 Å². The highest BCUT2D eigenvalue weighted by atomic mass is 32.1. The standard InChI is InChI=1S/C21H15N5O5S2/c1-11(27)22-12-6-7-14-18(10-12)33-21(23-14)25-20(32)24-19(28)17-9-8-16(31-17)13-4-2-3-5-15(13)26(29)30/h2-10H,1H3,(H,22,27)(H2,23,24,25,28,32). The van der Waals surface area contributed by atoms with E-state index in [1.165, 1.54) is 42.5 Å². The topological polar surface area (TPSA) is 139 Å². The summed E-state index contributed by atoms with van der Waals surface area (Å²) >= 11 is 6.49. The molecule has 10 nitrogen and oxygen atoms in total. The molecule has 4 rings (SSSR count). The molecule has 0 spiro atoms. The molecule has 2 amide bonds. The van der Waals surface area contributed by atoms with Crippen LogP contribution in [-0.2, 0) is 4.79 Å². The zero-order chi connectivity index (χ0) is 23.5. The van der Waals surface area contributed by atoms with E-state index in [-0.39, 0.29) is 33.8 Å². The van der Waals surface area contributed by atoms with Gasteiger partial charge in [0.2, 0.25) is 5.91 Å². The largest absolute Gasteiger partial charge is 0.451 e. The van der Waals surface area contributed by atoms with Gasteiger partial charge in [0.05, 0.1) is 20.7 Å². The Morgan fingerprint density at radius 2 is 1.91 bits per heavy atom. The first-order valence-corrected chi connectivity index (χ1v) is 10.7. The van der Waals surface area contributed by atoms with E-state index in [0.717, 1.165) is 4.70 Å². The number of nitrogens with zero attached hydrogens (tertiary/aromatic N) is 2. The van der Waals surface area contributed by atoms with Gasteiger partial charge >= 0.3 is 0 Å². The van der Waals surface area contributed by atoms with Gasteiger partial charge in [0.1, 0.15) is 5.76 Å². The molecule has 2 heterocycles. The van der Waals surface area contributed by atoms with Crippen LogP contribution < -0.4 is 16.0 Å². The van der Waals surface area contributed by atoms with Crippen molar-refractivity contribution in [1.29, 1.82) is 0 Å². The van der Waals surface area contributed by atoms with Gasteiger partial charge in [-0.2, -0.15) is 0 Å². The van der Waals surface area contributed by atoms with Crippen LogP contribution in [0.25, 0.3) is 21.5 Å². The molecule has 2 aromatic carbocycles. The first-order chi connectivity index (χ1) is 15.8. The normalized spacial score (nSPS) is 10.6. The fraction of sp³-hybridized carbons (Fsp3) is 0.0476. The average Bonchev–Trinajstić information content (AvgIpc) is 3.39. The lowest BCUT2D eigenvalue weighted by Crippen LogP contribution is -2.33. The summed E-state index contributed by atoms with van der Waals surface area (Å²) in [4.78, 5) is 38.8. The summed E-state index contributed by atoms with van der Waals surface area (Å²) in [6, 6.07) is 14.2. The van der Waals surface area contributed by atoms with Gasteiger partial charge in [-0.05, 0) is 48.6 Å². The molecule has 12 heteroatoms. The minimum atomic E-state index is -0.619. The zero-order valence-corrected chi connectivity index (χ0v) is 18.6. The molecule has 0 fully saturated rings. The van der Waals surface area contributed by atoms with Crippen molar-refractivity contribution in [3.8, 4) is 11.3 Å². The Morgan fingerprint density at radius 3 is 2.67 bits per heavy atom. The maximum absolute atomic E-state index is 12.5. The Morgan fingerprint density at radius 1 is 1.12 bits per heavy atom. The van der Waals surface area contributed by atoms with Crippen molar-refractivity contribution in [1.82, 2.24) is 10.3 Å². The van der Waals surface area contributed by atoms with Crippen LogP contribution in [0.5, 0.6) is 0 Å². The van der Waals surface area contributed by atoms with E-state index < -0.39 is 10.8 Å². The molecule has 2 aromatic heterocycles. The number of furan rings is 1. The third-order valence-corrected chi connectivity index (χ3v) is 5.49. The van der Waals surface area contributed by atoms with E-state index in [2.05, 4.69) is 20.9 Å². The predicted octanol–water partition coefficient (Wildman–Crippen LogP) is 4.55. The lowest BCUT2D eigenvalue weighted by atomic mass is 10.1. The number of hydrogen-bond acceptors (Lipinski definition) is 8. The van der Waals surface area contributed by atoms with Gasteiger partial charge < -0.3 is 15.1 Å². The highest BCUT2D eigenvalue weighted by Crippen LogP contribution is 2.31. The van der Waals surface area contributed by atoms with Gasteiger partial charge in [-0.25, -0.2) is 4.98 Å². The van der Waals surface area contributed by atoms with Crippen LogP contribution in [0.15, 0.2) is 59.0 Å². The number of hydrogen-bond donors (Lipinski definition) is 3. The summed E-state index contributed by atoms with van der Waals surface area (Å²) in [7, 11) is 0. The van der Waals surface area contributed by atoms with E-state index in [4.69, 9.17) is 16.6 Å². The van der Waals surface area contributed by atoms with Crippen LogP contribution in [-0.4, -0.2) is 26.8 Å². The minimum absolute atomic E-state index is 0.00443. The lowest BCUT2D eigenvalue weighted by Gasteiger charge is -2.05. The van der Waals surface area contributed by atoms with E-state index in [1.807, 2.05) is 0 Å². The van der Waals surface area contributed by atoms with Crippen LogP contribution in [0.3, 0.4) is 0 Å². The molecular formula is C21H15N5O5S2. The molecule has 0 aliphatic rings. The maximum Gasteiger partial charge on any atom is 0.293 e. The Bertz CT molecular complexity index is 1410. The number of fused-ring (bicyclic) bond motifs is 1. The summed E-state index contributed by atoms with van der Waals surface area (Å²) in [6.45, 7) is 1.42. The second-order valence-corrected chi connectivity index (χ2v) is 8.17. The second-order valence-electron chi connectivity index (χ2n) is 6.73. The van der Waals surface area contributed by atoms with E-state index in [1.54, 1.807) is 30.3 Å². The lowest BCUT2D eigenvalue weighted by molar-refractivity contribution is -0.384. The van der Waals surface area contributed by atoms with Crippen LogP contribution in [0.2, 0.25) is 0 Å². The Balaban J connectivity index is 1.44. The van der Waals surface area contributed by atoms with Gasteiger partial charge in [-0.3, -0.25) is 25.0 Å². The number of nitro benzene ring substituents is 1. The summed E-state index contributed by atoms with van der Waals surface area (Å²) in [5.74, 6) is -0.667. The van der Waals surface area contributed by atoms with Gasteiger partial charge in [-0.15, -0.1) is 0 Å². The number of carbonyl (C=O) groups is 2. The fourth-order valence-electron chi connectivity index (χ4n) is 3.00. The monoisotopic (exact) mass is 481 g/mol. The third-order valence-electron chi connectivity index (χ3n) is 4.35. The molecule has 0 aliphatic heterocycles. The predicted molar refractivity (Wildman–Crippen MR) is 128 cm³/mol. The SMILES string of the molecule is CC(=O)Nc1ccc2nc(NC(=S)NC(=O)c3ccc(-c4ccccc4[N+](=O)[O-])o3)sc2c1. The number of amides is 2. The van der Waals surface area contributed by atoms with Crippen molar-refractivity contribution in [2.75, 3.05) is 10.6 Å². The van der Waals surface area contributed by atoms with Crippen molar-refractivity contribution in [3.63, 3.8) is 0 Å². The molecular weight excluding hydrogens is 466 g/mol. The molecule has 4 aromatic rings. The number of thiazole rings is 1. The Labute approximate surface area is 195 Å². The summed E-state index contributed by atoms with van der Waals surface area (Å²) in [5.41, 5.74) is 1.48. The van der Waals surface area contributed by atoms with Crippen molar-refractivity contribution in [2.24, 2.45) is 0 Å². The van der Waals surface area contributed by atoms with Gasteiger partial charge in [0.25, 0.3) is 11.6 Å². The van der Waals surface area contributed by atoms with Crippen molar-refractivity contribution >= 4 is 67.2 Å². The number of nitro groups is 1. The smallest absolute Gasteiger partial charge is 0.293 e. The number of benzene rings is 2. The van der Waals surface area contributed by atoms with Crippen LogP contribution >= 0.6 is 23.6 Å². The fourth-order valence-corrected chi connectivity index (χ4v) is 4.16. The molecule has 0 saturated heterocycles. The number of rotatable bonds is 5. The number of anilines is 2. The van der Waals surface area contributed by atoms with Gasteiger partial charge in [0.15, 0.2) is 16.0 Å². The quantitative estimate of drug-likeness (QED) is 0.214. The molecule has 0 radical (unpaired) electrons.